The Morgan fingerprint density at radius 3 is 2.62 bits per heavy atom. The fourth-order valence-corrected chi connectivity index (χ4v) is 3.86. The number of para-hydroxylation sites is 1. The van der Waals surface area contributed by atoms with Gasteiger partial charge < -0.3 is 4.90 Å². The molecular weight excluding hydrogens is 324 g/mol. The molecular formula is C21H22N4O. The summed E-state index contributed by atoms with van der Waals surface area (Å²) in [6.07, 6.45) is 3.81. The lowest BCUT2D eigenvalue weighted by Gasteiger charge is -2.32. The molecule has 2 aromatic heterocycles. The van der Waals surface area contributed by atoms with E-state index in [1.165, 1.54) is 10.9 Å². The molecule has 4 rings (SSSR count). The quantitative estimate of drug-likeness (QED) is 0.710. The minimum Gasteiger partial charge on any atom is -0.337 e. The van der Waals surface area contributed by atoms with Crippen LogP contribution < -0.4 is 0 Å². The van der Waals surface area contributed by atoms with Crippen LogP contribution in [-0.4, -0.2) is 38.8 Å². The summed E-state index contributed by atoms with van der Waals surface area (Å²) in [5.41, 5.74) is 3.72. The van der Waals surface area contributed by atoms with Gasteiger partial charge in [0, 0.05) is 30.4 Å². The predicted octanol–water partition coefficient (Wildman–Crippen LogP) is 3.66. The Hall–Kier alpha value is -2.82. The number of likely N-dealkylation sites (tertiary alicyclic amines) is 1. The monoisotopic (exact) mass is 346 g/mol. The highest BCUT2D eigenvalue weighted by molar-refractivity contribution is 5.92. The number of carbonyl (C=O) groups is 1. The second-order valence-corrected chi connectivity index (χ2v) is 6.93. The van der Waals surface area contributed by atoms with Crippen LogP contribution in [0.4, 0.5) is 0 Å². The smallest absolute Gasteiger partial charge is 0.272 e. The van der Waals surface area contributed by atoms with Gasteiger partial charge in [-0.3, -0.25) is 9.78 Å². The standard InChI is InChI=1S/C21H22N4O/c1-14-13-20(24-15(2)23-14)21(26)25-11-8-16(9-12-25)17-7-10-22-19-6-4-3-5-18(17)19/h3-7,10,13,16H,8-9,11-12H2,1-2H3. The Balaban J connectivity index is 1.51. The van der Waals surface area contributed by atoms with E-state index in [1.54, 1.807) is 6.07 Å². The Bertz CT molecular complexity index is 936. The average Bonchev–Trinajstić information content (AvgIpc) is 2.66. The maximum absolute atomic E-state index is 12.8. The predicted molar refractivity (Wildman–Crippen MR) is 101 cm³/mol. The second-order valence-electron chi connectivity index (χ2n) is 6.93. The van der Waals surface area contributed by atoms with Crippen LogP contribution in [0.15, 0.2) is 42.6 Å². The highest BCUT2D eigenvalue weighted by Crippen LogP contribution is 2.32. The molecule has 1 fully saturated rings. The molecule has 5 heteroatoms. The number of rotatable bonds is 2. The van der Waals surface area contributed by atoms with Crippen LogP contribution >= 0.6 is 0 Å². The van der Waals surface area contributed by atoms with Crippen LogP contribution in [0.5, 0.6) is 0 Å². The zero-order valence-electron chi connectivity index (χ0n) is 15.1. The molecule has 26 heavy (non-hydrogen) atoms. The lowest BCUT2D eigenvalue weighted by atomic mass is 9.87. The summed E-state index contributed by atoms with van der Waals surface area (Å²) in [5.74, 6) is 1.11. The molecule has 0 radical (unpaired) electrons. The lowest BCUT2D eigenvalue weighted by Crippen LogP contribution is -2.38. The van der Waals surface area contributed by atoms with Crippen molar-refractivity contribution in [3.63, 3.8) is 0 Å². The first-order chi connectivity index (χ1) is 12.6. The number of benzene rings is 1. The highest BCUT2D eigenvalue weighted by Gasteiger charge is 2.26. The maximum Gasteiger partial charge on any atom is 0.272 e. The van der Waals surface area contributed by atoms with E-state index in [4.69, 9.17) is 0 Å². The van der Waals surface area contributed by atoms with Crippen molar-refractivity contribution in [3.8, 4) is 0 Å². The van der Waals surface area contributed by atoms with Gasteiger partial charge in [-0.25, -0.2) is 9.97 Å². The number of piperidine rings is 1. The number of pyridine rings is 1. The van der Waals surface area contributed by atoms with Crippen molar-refractivity contribution in [1.29, 1.82) is 0 Å². The molecule has 132 valence electrons. The summed E-state index contributed by atoms with van der Waals surface area (Å²) in [6, 6.07) is 12.2. The number of amides is 1. The van der Waals surface area contributed by atoms with Gasteiger partial charge in [0.2, 0.25) is 0 Å². The summed E-state index contributed by atoms with van der Waals surface area (Å²) in [7, 11) is 0. The first-order valence-electron chi connectivity index (χ1n) is 9.07. The largest absolute Gasteiger partial charge is 0.337 e. The summed E-state index contributed by atoms with van der Waals surface area (Å²) in [4.78, 5) is 27.7. The molecule has 0 unspecified atom stereocenters. The minimum atomic E-state index is 0.0108. The van der Waals surface area contributed by atoms with E-state index in [0.717, 1.165) is 37.1 Å². The van der Waals surface area contributed by atoms with Crippen LogP contribution in [0.25, 0.3) is 10.9 Å². The molecule has 0 N–H and O–H groups in total. The first-order valence-corrected chi connectivity index (χ1v) is 9.07. The normalized spacial score (nSPS) is 15.4. The van der Waals surface area contributed by atoms with Gasteiger partial charge in [-0.1, -0.05) is 18.2 Å². The second kappa shape index (κ2) is 6.83. The molecule has 1 saturated heterocycles. The van der Waals surface area contributed by atoms with Crippen LogP contribution in [0.2, 0.25) is 0 Å². The third kappa shape index (κ3) is 3.17. The van der Waals surface area contributed by atoms with Gasteiger partial charge in [0.25, 0.3) is 5.91 Å². The lowest BCUT2D eigenvalue weighted by molar-refractivity contribution is 0.0706. The van der Waals surface area contributed by atoms with Gasteiger partial charge >= 0.3 is 0 Å². The molecule has 3 heterocycles. The molecule has 1 aliphatic heterocycles. The van der Waals surface area contributed by atoms with E-state index < -0.39 is 0 Å². The Morgan fingerprint density at radius 1 is 1.08 bits per heavy atom. The van der Waals surface area contributed by atoms with Gasteiger partial charge in [0.1, 0.15) is 11.5 Å². The molecule has 0 bridgehead atoms. The van der Waals surface area contributed by atoms with Crippen LogP contribution in [-0.2, 0) is 0 Å². The van der Waals surface area contributed by atoms with Crippen molar-refractivity contribution >= 4 is 16.8 Å². The van der Waals surface area contributed by atoms with Gasteiger partial charge in [0.05, 0.1) is 5.52 Å². The third-order valence-electron chi connectivity index (χ3n) is 5.09. The Kier molecular flexibility index (Phi) is 4.37. The molecule has 5 nitrogen and oxygen atoms in total. The SMILES string of the molecule is Cc1cc(C(=O)N2CCC(c3ccnc4ccccc34)CC2)nc(C)n1. The van der Waals surface area contributed by atoms with Crippen LogP contribution in [0.1, 0.15) is 46.3 Å². The van der Waals surface area contributed by atoms with Crippen molar-refractivity contribution in [2.45, 2.75) is 32.6 Å². The van der Waals surface area contributed by atoms with Gasteiger partial charge in [0.15, 0.2) is 0 Å². The van der Waals surface area contributed by atoms with Crippen molar-refractivity contribution in [2.75, 3.05) is 13.1 Å². The minimum absolute atomic E-state index is 0.0108. The van der Waals surface area contributed by atoms with Crippen LogP contribution in [0, 0.1) is 13.8 Å². The summed E-state index contributed by atoms with van der Waals surface area (Å²) in [6.45, 7) is 5.22. The number of hydrogen-bond donors (Lipinski definition) is 0. The van der Waals surface area contributed by atoms with Gasteiger partial charge in [-0.05, 0) is 56.4 Å². The number of fused-ring (bicyclic) bond motifs is 1. The number of aromatic nitrogens is 3. The summed E-state index contributed by atoms with van der Waals surface area (Å²) < 4.78 is 0. The number of hydrogen-bond acceptors (Lipinski definition) is 4. The zero-order chi connectivity index (χ0) is 18.1. The first kappa shape index (κ1) is 16.6. The summed E-state index contributed by atoms with van der Waals surface area (Å²) in [5, 5.41) is 1.22. The molecule has 3 aromatic rings. The molecule has 1 aromatic carbocycles. The molecule has 1 amide bonds. The third-order valence-corrected chi connectivity index (χ3v) is 5.09. The number of nitrogens with zero attached hydrogens (tertiary/aromatic N) is 4. The number of carbonyl (C=O) groups excluding carboxylic acids is 1. The van der Waals surface area contributed by atoms with E-state index in [0.29, 0.717) is 17.4 Å². The van der Waals surface area contributed by atoms with E-state index in [1.807, 2.05) is 31.0 Å². The van der Waals surface area contributed by atoms with Gasteiger partial charge in [-0.2, -0.15) is 0 Å². The molecule has 0 saturated carbocycles. The van der Waals surface area contributed by atoms with Crippen LogP contribution in [0.3, 0.4) is 0 Å². The highest BCUT2D eigenvalue weighted by atomic mass is 16.2. The molecule has 0 atom stereocenters. The fourth-order valence-electron chi connectivity index (χ4n) is 3.86. The zero-order valence-corrected chi connectivity index (χ0v) is 15.1. The van der Waals surface area contributed by atoms with Crippen molar-refractivity contribution < 1.29 is 4.79 Å². The van der Waals surface area contributed by atoms with Gasteiger partial charge in [-0.15, -0.1) is 0 Å². The van der Waals surface area contributed by atoms with Crippen molar-refractivity contribution in [3.05, 3.63) is 65.4 Å². The topological polar surface area (TPSA) is 59.0 Å². The molecule has 0 aliphatic carbocycles. The summed E-state index contributed by atoms with van der Waals surface area (Å²) >= 11 is 0. The van der Waals surface area contributed by atoms with E-state index in [-0.39, 0.29) is 5.91 Å². The van der Waals surface area contributed by atoms with E-state index in [9.17, 15) is 4.79 Å². The van der Waals surface area contributed by atoms with E-state index in [2.05, 4.69) is 39.2 Å². The van der Waals surface area contributed by atoms with Crippen molar-refractivity contribution in [1.82, 2.24) is 19.9 Å². The van der Waals surface area contributed by atoms with E-state index >= 15 is 0 Å². The Morgan fingerprint density at radius 2 is 1.85 bits per heavy atom. The molecule has 1 aliphatic rings. The fraction of sp³-hybridized carbons (Fsp3) is 0.333. The maximum atomic E-state index is 12.8. The number of aryl methyl sites for hydroxylation is 2. The Labute approximate surface area is 153 Å². The average molecular weight is 346 g/mol. The molecule has 0 spiro atoms. The van der Waals surface area contributed by atoms with Crippen molar-refractivity contribution in [2.24, 2.45) is 0 Å².